The Hall–Kier alpha value is -2.76. The van der Waals surface area contributed by atoms with Crippen molar-refractivity contribution in [2.45, 2.75) is 26.7 Å². The average molecular weight is 355 g/mol. The van der Waals surface area contributed by atoms with Crippen molar-refractivity contribution in [1.29, 1.82) is 0 Å². The van der Waals surface area contributed by atoms with Crippen LogP contribution < -0.4 is 5.32 Å². The molecule has 2 amide bonds. The minimum absolute atomic E-state index is 0.143. The van der Waals surface area contributed by atoms with E-state index in [1.165, 1.54) is 6.07 Å². The van der Waals surface area contributed by atoms with Crippen LogP contribution in [0.3, 0.4) is 0 Å². The second-order valence-corrected chi connectivity index (χ2v) is 6.71. The molecule has 1 aliphatic heterocycles. The zero-order valence-electron chi connectivity index (χ0n) is 15.0. The summed E-state index contributed by atoms with van der Waals surface area (Å²) in [6.45, 7) is 4.41. The molecule has 1 atom stereocenters. The third kappa shape index (κ3) is 4.07. The van der Waals surface area contributed by atoms with Crippen LogP contribution in [0, 0.1) is 25.6 Å². The van der Waals surface area contributed by atoms with Crippen molar-refractivity contribution in [2.75, 3.05) is 18.4 Å². The monoisotopic (exact) mass is 355 g/mol. The predicted molar refractivity (Wildman–Crippen MR) is 97.4 cm³/mol. The third-order valence-electron chi connectivity index (χ3n) is 4.64. The molecule has 26 heavy (non-hydrogen) atoms. The van der Waals surface area contributed by atoms with Crippen molar-refractivity contribution in [3.63, 3.8) is 0 Å². The normalized spacial score (nSPS) is 17.0. The van der Waals surface area contributed by atoms with Gasteiger partial charge in [-0.3, -0.25) is 9.59 Å². The number of pyridine rings is 1. The standard InChI is InChI=1S/C20H22FN3O2/c1-13-8-9-15(11-17(13)21)20(26)24-10-4-6-16(12-24)19(25)23-18-7-3-5-14(2)22-18/h3,5,7-9,11,16H,4,6,10,12H2,1-2H3,(H,22,23,25). The topological polar surface area (TPSA) is 62.3 Å². The zero-order valence-corrected chi connectivity index (χ0v) is 15.0. The number of hydrogen-bond donors (Lipinski definition) is 1. The van der Waals surface area contributed by atoms with E-state index in [1.54, 1.807) is 30.0 Å². The number of halogens is 1. The Morgan fingerprint density at radius 2 is 2.04 bits per heavy atom. The van der Waals surface area contributed by atoms with Gasteiger partial charge in [0.2, 0.25) is 5.91 Å². The number of piperidine rings is 1. The molecule has 1 aliphatic rings. The smallest absolute Gasteiger partial charge is 0.253 e. The molecule has 0 aliphatic carbocycles. The first kappa shape index (κ1) is 18.0. The number of aryl methyl sites for hydroxylation is 2. The Bertz CT molecular complexity index is 838. The highest BCUT2D eigenvalue weighted by Crippen LogP contribution is 2.21. The second kappa shape index (κ2) is 7.64. The van der Waals surface area contributed by atoms with Gasteiger partial charge in [0.1, 0.15) is 11.6 Å². The Kier molecular flexibility index (Phi) is 5.30. The van der Waals surface area contributed by atoms with E-state index in [0.717, 1.165) is 12.1 Å². The van der Waals surface area contributed by atoms with Crippen LogP contribution in [0.1, 0.15) is 34.5 Å². The van der Waals surface area contributed by atoms with Crippen molar-refractivity contribution in [3.05, 3.63) is 59.0 Å². The van der Waals surface area contributed by atoms with E-state index in [4.69, 9.17) is 0 Å². The third-order valence-corrected chi connectivity index (χ3v) is 4.64. The van der Waals surface area contributed by atoms with E-state index in [1.807, 2.05) is 19.1 Å². The number of hydrogen-bond acceptors (Lipinski definition) is 3. The summed E-state index contributed by atoms with van der Waals surface area (Å²) in [4.78, 5) is 31.1. The highest BCUT2D eigenvalue weighted by atomic mass is 19.1. The first-order valence-electron chi connectivity index (χ1n) is 8.74. The molecule has 0 spiro atoms. The van der Waals surface area contributed by atoms with Crippen LogP contribution in [-0.4, -0.2) is 34.8 Å². The minimum Gasteiger partial charge on any atom is -0.338 e. The summed E-state index contributed by atoms with van der Waals surface area (Å²) in [6, 6.07) is 9.92. The molecule has 0 radical (unpaired) electrons. The lowest BCUT2D eigenvalue weighted by molar-refractivity contribution is -0.121. The summed E-state index contributed by atoms with van der Waals surface area (Å²) < 4.78 is 13.7. The molecule has 136 valence electrons. The molecule has 1 aromatic carbocycles. The number of aromatic nitrogens is 1. The molecule has 6 heteroatoms. The molecular weight excluding hydrogens is 333 g/mol. The summed E-state index contributed by atoms with van der Waals surface area (Å²) in [5, 5.41) is 2.82. The Morgan fingerprint density at radius 3 is 2.77 bits per heavy atom. The van der Waals surface area contributed by atoms with Gasteiger partial charge in [-0.2, -0.15) is 0 Å². The number of nitrogens with one attached hydrogen (secondary N) is 1. The molecule has 1 unspecified atom stereocenters. The molecule has 1 fully saturated rings. The van der Waals surface area contributed by atoms with Gasteiger partial charge in [0.25, 0.3) is 5.91 Å². The highest BCUT2D eigenvalue weighted by molar-refractivity contribution is 5.96. The van der Waals surface area contributed by atoms with Crippen molar-refractivity contribution >= 4 is 17.6 Å². The number of rotatable bonds is 3. The van der Waals surface area contributed by atoms with Crippen LogP contribution in [0.15, 0.2) is 36.4 Å². The lowest BCUT2D eigenvalue weighted by atomic mass is 9.96. The fourth-order valence-corrected chi connectivity index (χ4v) is 3.13. The molecule has 1 N–H and O–H groups in total. The van der Waals surface area contributed by atoms with E-state index in [9.17, 15) is 14.0 Å². The van der Waals surface area contributed by atoms with E-state index < -0.39 is 5.82 Å². The van der Waals surface area contributed by atoms with Gasteiger partial charge >= 0.3 is 0 Å². The number of amides is 2. The number of anilines is 1. The van der Waals surface area contributed by atoms with Crippen LogP contribution in [0.5, 0.6) is 0 Å². The molecule has 0 saturated carbocycles. The quantitative estimate of drug-likeness (QED) is 0.919. The van der Waals surface area contributed by atoms with Gasteiger partial charge in [-0.15, -0.1) is 0 Å². The van der Waals surface area contributed by atoms with Gasteiger partial charge in [-0.05, 0) is 56.5 Å². The Balaban J connectivity index is 1.67. The Morgan fingerprint density at radius 1 is 1.23 bits per heavy atom. The maximum atomic E-state index is 13.7. The van der Waals surface area contributed by atoms with E-state index in [0.29, 0.717) is 36.5 Å². The number of carbonyl (C=O) groups excluding carboxylic acids is 2. The Labute approximate surface area is 152 Å². The van der Waals surface area contributed by atoms with Gasteiger partial charge in [0.05, 0.1) is 5.92 Å². The van der Waals surface area contributed by atoms with Crippen LogP contribution in [-0.2, 0) is 4.79 Å². The second-order valence-electron chi connectivity index (χ2n) is 6.71. The zero-order chi connectivity index (χ0) is 18.7. The van der Waals surface area contributed by atoms with Crippen molar-refractivity contribution < 1.29 is 14.0 Å². The lowest BCUT2D eigenvalue weighted by Gasteiger charge is -2.32. The van der Waals surface area contributed by atoms with Crippen LogP contribution >= 0.6 is 0 Å². The fourth-order valence-electron chi connectivity index (χ4n) is 3.13. The molecule has 2 aromatic rings. The minimum atomic E-state index is -0.396. The number of benzene rings is 1. The first-order valence-corrected chi connectivity index (χ1v) is 8.74. The predicted octanol–water partition coefficient (Wildman–Crippen LogP) is 3.33. The summed E-state index contributed by atoms with van der Waals surface area (Å²) in [5.41, 5.74) is 1.64. The summed E-state index contributed by atoms with van der Waals surface area (Å²) >= 11 is 0. The highest BCUT2D eigenvalue weighted by Gasteiger charge is 2.29. The molecule has 1 saturated heterocycles. The van der Waals surface area contributed by atoms with Gasteiger partial charge in [-0.25, -0.2) is 9.37 Å². The first-order chi connectivity index (χ1) is 12.4. The van der Waals surface area contributed by atoms with Gasteiger partial charge < -0.3 is 10.2 Å². The molecule has 2 heterocycles. The van der Waals surface area contributed by atoms with Crippen molar-refractivity contribution in [2.24, 2.45) is 5.92 Å². The summed E-state index contributed by atoms with van der Waals surface area (Å²) in [7, 11) is 0. The van der Waals surface area contributed by atoms with Crippen LogP contribution in [0.2, 0.25) is 0 Å². The molecule has 3 rings (SSSR count). The van der Waals surface area contributed by atoms with Crippen LogP contribution in [0.4, 0.5) is 10.2 Å². The number of carbonyl (C=O) groups is 2. The van der Waals surface area contributed by atoms with E-state index >= 15 is 0 Å². The number of nitrogens with zero attached hydrogens (tertiary/aromatic N) is 2. The summed E-state index contributed by atoms with van der Waals surface area (Å²) in [6.07, 6.45) is 1.45. The van der Waals surface area contributed by atoms with Crippen molar-refractivity contribution in [1.82, 2.24) is 9.88 Å². The summed E-state index contributed by atoms with van der Waals surface area (Å²) in [5.74, 6) is -0.567. The van der Waals surface area contributed by atoms with Crippen LogP contribution in [0.25, 0.3) is 0 Å². The molecule has 1 aromatic heterocycles. The lowest BCUT2D eigenvalue weighted by Crippen LogP contribution is -2.43. The SMILES string of the molecule is Cc1cccc(NC(=O)C2CCCN(C(=O)c3ccc(C)c(F)c3)C2)n1. The van der Waals surface area contributed by atoms with Gasteiger partial charge in [-0.1, -0.05) is 12.1 Å². The van der Waals surface area contributed by atoms with Gasteiger partial charge in [0.15, 0.2) is 0 Å². The van der Waals surface area contributed by atoms with Crippen molar-refractivity contribution in [3.8, 4) is 0 Å². The maximum absolute atomic E-state index is 13.7. The fraction of sp³-hybridized carbons (Fsp3) is 0.350. The maximum Gasteiger partial charge on any atom is 0.253 e. The molecule has 5 nitrogen and oxygen atoms in total. The largest absolute Gasteiger partial charge is 0.338 e. The number of likely N-dealkylation sites (tertiary alicyclic amines) is 1. The molecule has 0 bridgehead atoms. The molecular formula is C20H22FN3O2. The van der Waals surface area contributed by atoms with E-state index in [2.05, 4.69) is 10.3 Å². The van der Waals surface area contributed by atoms with E-state index in [-0.39, 0.29) is 17.7 Å². The van der Waals surface area contributed by atoms with Gasteiger partial charge in [0, 0.05) is 24.3 Å². The average Bonchev–Trinajstić information content (AvgIpc) is 2.63.